The van der Waals surface area contributed by atoms with E-state index in [-0.39, 0.29) is 5.91 Å². The minimum atomic E-state index is 0.0478. The summed E-state index contributed by atoms with van der Waals surface area (Å²) in [7, 11) is 1.81. The van der Waals surface area contributed by atoms with E-state index in [1.165, 1.54) is 11.3 Å². The van der Waals surface area contributed by atoms with Gasteiger partial charge < -0.3 is 14.6 Å². The first-order chi connectivity index (χ1) is 8.78. The smallest absolute Gasteiger partial charge is 0.266 e. The average Bonchev–Trinajstić information content (AvgIpc) is 3.02. The number of furan rings is 1. The summed E-state index contributed by atoms with van der Waals surface area (Å²) < 4.78 is 5.28. The zero-order valence-corrected chi connectivity index (χ0v) is 10.8. The van der Waals surface area contributed by atoms with Crippen molar-refractivity contribution in [3.8, 4) is 0 Å². The summed E-state index contributed by atoms with van der Waals surface area (Å²) in [6.45, 7) is 1.22. The highest BCUT2D eigenvalue weighted by atomic mass is 32.1. The summed E-state index contributed by atoms with van der Waals surface area (Å²) in [6.07, 6.45) is 2.43. The number of anilines is 1. The number of amides is 1. The molecule has 1 aliphatic rings. The molecule has 0 spiro atoms. The number of nitrogens with one attached hydrogen (secondary N) is 1. The Kier molecular flexibility index (Phi) is 2.79. The van der Waals surface area contributed by atoms with Gasteiger partial charge in [-0.15, -0.1) is 0 Å². The maximum Gasteiger partial charge on any atom is 0.266 e. The summed E-state index contributed by atoms with van der Waals surface area (Å²) in [6, 6.07) is 3.72. The van der Waals surface area contributed by atoms with E-state index in [0.29, 0.717) is 13.1 Å². The summed E-state index contributed by atoms with van der Waals surface area (Å²) in [5, 5.41) is 3.78. The van der Waals surface area contributed by atoms with Crippen LogP contribution in [0.3, 0.4) is 0 Å². The van der Waals surface area contributed by atoms with E-state index < -0.39 is 0 Å². The Hall–Kier alpha value is -1.82. The van der Waals surface area contributed by atoms with Crippen molar-refractivity contribution >= 4 is 22.4 Å². The van der Waals surface area contributed by atoms with E-state index in [0.717, 1.165) is 27.9 Å². The Morgan fingerprint density at radius 2 is 2.50 bits per heavy atom. The van der Waals surface area contributed by atoms with Crippen molar-refractivity contribution in [2.75, 3.05) is 18.9 Å². The molecule has 2 aromatic heterocycles. The number of carbonyl (C=O) groups excluding carboxylic acids is 1. The largest absolute Gasteiger partial charge is 0.467 e. The van der Waals surface area contributed by atoms with Crippen molar-refractivity contribution in [3.63, 3.8) is 0 Å². The first-order valence-electron chi connectivity index (χ1n) is 5.77. The molecule has 0 saturated heterocycles. The first kappa shape index (κ1) is 11.3. The van der Waals surface area contributed by atoms with E-state index >= 15 is 0 Å². The quantitative estimate of drug-likeness (QED) is 0.920. The van der Waals surface area contributed by atoms with Gasteiger partial charge in [-0.1, -0.05) is 11.3 Å². The molecule has 5 nitrogen and oxygen atoms in total. The second kappa shape index (κ2) is 4.45. The number of rotatable bonds is 3. The number of hydrogen-bond acceptors (Lipinski definition) is 5. The van der Waals surface area contributed by atoms with Crippen LogP contribution in [0.15, 0.2) is 22.8 Å². The lowest BCUT2D eigenvalue weighted by Crippen LogP contribution is -2.36. The third-order valence-electron chi connectivity index (χ3n) is 2.94. The highest BCUT2D eigenvalue weighted by Crippen LogP contribution is 2.28. The van der Waals surface area contributed by atoms with Crippen molar-refractivity contribution in [1.29, 1.82) is 0 Å². The Morgan fingerprint density at radius 3 is 3.22 bits per heavy atom. The number of hydrogen-bond donors (Lipinski definition) is 1. The van der Waals surface area contributed by atoms with Crippen LogP contribution in [0.1, 0.15) is 21.1 Å². The fraction of sp³-hybridized carbons (Fsp3) is 0.333. The van der Waals surface area contributed by atoms with Gasteiger partial charge in [-0.3, -0.25) is 4.79 Å². The van der Waals surface area contributed by atoms with E-state index in [1.54, 1.807) is 11.2 Å². The summed E-state index contributed by atoms with van der Waals surface area (Å²) in [5.41, 5.74) is 0.907. The van der Waals surface area contributed by atoms with Crippen LogP contribution in [0, 0.1) is 0 Å². The van der Waals surface area contributed by atoms with Gasteiger partial charge in [0.2, 0.25) is 0 Å². The molecule has 0 unspecified atom stereocenters. The molecular weight excluding hydrogens is 250 g/mol. The molecule has 0 aromatic carbocycles. The molecule has 0 atom stereocenters. The Balaban J connectivity index is 1.82. The summed E-state index contributed by atoms with van der Waals surface area (Å²) in [5.74, 6) is 0.858. The normalized spacial score (nSPS) is 14.7. The number of aromatic nitrogens is 1. The molecule has 0 saturated carbocycles. The van der Waals surface area contributed by atoms with Crippen molar-refractivity contribution in [1.82, 2.24) is 9.88 Å². The van der Waals surface area contributed by atoms with Crippen LogP contribution in [-0.2, 0) is 13.0 Å². The van der Waals surface area contributed by atoms with Crippen LogP contribution in [0.2, 0.25) is 0 Å². The van der Waals surface area contributed by atoms with E-state index in [9.17, 15) is 4.79 Å². The highest BCUT2D eigenvalue weighted by Gasteiger charge is 2.28. The lowest BCUT2D eigenvalue weighted by molar-refractivity contribution is 0.0719. The average molecular weight is 263 g/mol. The third-order valence-corrected chi connectivity index (χ3v) is 4.04. The highest BCUT2D eigenvalue weighted by molar-refractivity contribution is 7.17. The van der Waals surface area contributed by atoms with Gasteiger partial charge in [-0.05, 0) is 12.1 Å². The molecule has 3 heterocycles. The molecule has 0 bridgehead atoms. The van der Waals surface area contributed by atoms with Crippen LogP contribution in [-0.4, -0.2) is 29.4 Å². The van der Waals surface area contributed by atoms with E-state index in [4.69, 9.17) is 4.42 Å². The molecule has 0 aliphatic carbocycles. The van der Waals surface area contributed by atoms with Crippen molar-refractivity contribution in [2.24, 2.45) is 0 Å². The molecule has 0 radical (unpaired) electrons. The summed E-state index contributed by atoms with van der Waals surface area (Å²) in [4.78, 5) is 19.2. The lowest BCUT2D eigenvalue weighted by Gasteiger charge is -2.24. The predicted octanol–water partition coefficient (Wildman–Crippen LogP) is 1.98. The first-order valence-corrected chi connectivity index (χ1v) is 6.58. The zero-order valence-electron chi connectivity index (χ0n) is 9.97. The maximum absolute atomic E-state index is 12.3. The Morgan fingerprint density at radius 1 is 1.61 bits per heavy atom. The van der Waals surface area contributed by atoms with Gasteiger partial charge in [-0.25, -0.2) is 4.98 Å². The molecule has 18 heavy (non-hydrogen) atoms. The van der Waals surface area contributed by atoms with Crippen LogP contribution < -0.4 is 5.32 Å². The van der Waals surface area contributed by atoms with Gasteiger partial charge >= 0.3 is 0 Å². The predicted molar refractivity (Wildman–Crippen MR) is 68.8 cm³/mol. The Bertz CT molecular complexity index is 562. The minimum Gasteiger partial charge on any atom is -0.467 e. The molecule has 94 valence electrons. The van der Waals surface area contributed by atoms with E-state index in [2.05, 4.69) is 10.3 Å². The molecule has 3 rings (SSSR count). The van der Waals surface area contributed by atoms with Gasteiger partial charge in [0, 0.05) is 20.0 Å². The van der Waals surface area contributed by atoms with Crippen molar-refractivity contribution in [2.45, 2.75) is 13.0 Å². The standard InChI is InChI=1S/C12H13N3O2S/c1-13-12-14-9-4-5-15(11(16)10(9)18-12)7-8-3-2-6-17-8/h2-3,6H,4-5,7H2,1H3,(H,13,14). The van der Waals surface area contributed by atoms with Gasteiger partial charge in [0.25, 0.3) is 5.91 Å². The van der Waals surface area contributed by atoms with Gasteiger partial charge in [-0.2, -0.15) is 0 Å². The SMILES string of the molecule is CNc1nc2c(s1)C(=O)N(Cc1ccco1)CC2. The van der Waals surface area contributed by atoms with Gasteiger partial charge in [0.05, 0.1) is 18.5 Å². The third kappa shape index (κ3) is 1.88. The monoisotopic (exact) mass is 263 g/mol. The Labute approximate surface area is 108 Å². The molecule has 1 N–H and O–H groups in total. The molecule has 1 aliphatic heterocycles. The van der Waals surface area contributed by atoms with Crippen molar-refractivity contribution < 1.29 is 9.21 Å². The van der Waals surface area contributed by atoms with Crippen LogP contribution in [0.5, 0.6) is 0 Å². The molecule has 6 heteroatoms. The molecule has 2 aromatic rings. The maximum atomic E-state index is 12.3. The fourth-order valence-electron chi connectivity index (χ4n) is 2.02. The number of carbonyl (C=O) groups is 1. The fourth-order valence-corrected chi connectivity index (χ4v) is 2.96. The van der Waals surface area contributed by atoms with Gasteiger partial charge in [0.1, 0.15) is 10.6 Å². The summed E-state index contributed by atoms with van der Waals surface area (Å²) >= 11 is 1.42. The number of nitrogens with zero attached hydrogens (tertiary/aromatic N) is 2. The number of fused-ring (bicyclic) bond motifs is 1. The number of thiazole rings is 1. The van der Waals surface area contributed by atoms with Crippen LogP contribution in [0.4, 0.5) is 5.13 Å². The van der Waals surface area contributed by atoms with Crippen LogP contribution in [0.25, 0.3) is 0 Å². The lowest BCUT2D eigenvalue weighted by atomic mass is 10.1. The van der Waals surface area contributed by atoms with Crippen LogP contribution >= 0.6 is 11.3 Å². The topological polar surface area (TPSA) is 58.4 Å². The van der Waals surface area contributed by atoms with E-state index in [1.807, 2.05) is 19.2 Å². The molecular formula is C12H13N3O2S. The zero-order chi connectivity index (χ0) is 12.5. The second-order valence-electron chi connectivity index (χ2n) is 4.10. The van der Waals surface area contributed by atoms with Gasteiger partial charge in [0.15, 0.2) is 5.13 Å². The second-order valence-corrected chi connectivity index (χ2v) is 5.10. The minimum absolute atomic E-state index is 0.0478. The van der Waals surface area contributed by atoms with Crippen molar-refractivity contribution in [3.05, 3.63) is 34.7 Å². The molecule has 1 amide bonds. The molecule has 0 fully saturated rings.